The smallest absolute Gasteiger partial charge is 0.305 e. The number of hydrogen-bond donors (Lipinski definition) is 24. The fraction of sp³-hybridized carbons (Fsp3) is 0.583. The van der Waals surface area contributed by atoms with Crippen molar-refractivity contribution in [2.24, 2.45) is 17.2 Å². The lowest BCUT2D eigenvalue weighted by Crippen LogP contribution is -2.58. The minimum atomic E-state index is -1.75. The van der Waals surface area contributed by atoms with Gasteiger partial charge in [-0.25, -0.2) is 0 Å². The predicted molar refractivity (Wildman–Crippen MR) is 419 cm³/mol. The molecule has 4 unspecified atom stereocenters. The Balaban J connectivity index is 1.55. The number of amides is 14. The highest BCUT2D eigenvalue weighted by atomic mass is 33.1. The van der Waals surface area contributed by atoms with E-state index in [1.54, 1.807) is 10.8 Å². The van der Waals surface area contributed by atoms with Gasteiger partial charge in [0.15, 0.2) is 5.96 Å². The number of phenolic OH excluding ortho intramolecular Hbond substituents is 2. The molecule has 630 valence electrons. The van der Waals surface area contributed by atoms with Gasteiger partial charge in [0.25, 0.3) is 0 Å². The molecule has 0 spiro atoms. The molecule has 2 aromatic rings. The summed E-state index contributed by atoms with van der Waals surface area (Å²) in [6, 6.07) is -3.17. The molecular weight excluding hydrogens is 1530 g/mol. The second-order valence-electron chi connectivity index (χ2n) is 27.3. The number of rotatable bonds is 44. The predicted octanol–water partition coefficient (Wildman–Crippen LogP) is -3.64. The third-order valence-corrected chi connectivity index (χ3v) is 20.4. The summed E-state index contributed by atoms with van der Waals surface area (Å²) in [5.74, 6) is -14.2. The van der Waals surface area contributed by atoms with E-state index in [2.05, 4.69) is 79.8 Å². The van der Waals surface area contributed by atoms with Gasteiger partial charge in [-0.3, -0.25) is 87.5 Å². The van der Waals surface area contributed by atoms with Crippen LogP contribution in [0.15, 0.2) is 48.5 Å². The molecule has 0 aliphatic carbocycles. The summed E-state index contributed by atoms with van der Waals surface area (Å²) in [4.78, 5) is 216. The highest BCUT2D eigenvalue weighted by Gasteiger charge is 2.36. The number of amidine groups is 1. The van der Waals surface area contributed by atoms with Crippen molar-refractivity contribution in [3.63, 3.8) is 0 Å². The lowest BCUT2D eigenvalue weighted by molar-refractivity contribution is -0.141. The van der Waals surface area contributed by atoms with Crippen molar-refractivity contribution < 1.29 is 97.1 Å². The average molecular weight is 1640 g/mol. The van der Waals surface area contributed by atoms with Gasteiger partial charge in [-0.15, -0.1) is 0 Å². The van der Waals surface area contributed by atoms with Gasteiger partial charge in [0, 0.05) is 69.8 Å². The Morgan fingerprint density at radius 1 is 0.456 bits per heavy atom. The molecule has 2 aliphatic heterocycles. The average Bonchev–Trinajstić information content (AvgIpc) is 1.33. The second-order valence-corrected chi connectivity index (χ2v) is 30.0. The molecule has 2 aromatic carbocycles. The number of unbranched alkanes of at least 4 members (excludes halogenated alkanes) is 5. The Bertz CT molecular complexity index is 3620. The number of guanidine groups is 1. The molecule has 2 aliphatic rings. The summed E-state index contributed by atoms with van der Waals surface area (Å²) in [5.41, 5.74) is 17.8. The van der Waals surface area contributed by atoms with E-state index in [9.17, 15) is 97.1 Å². The number of carboxylic acid groups (broad SMARTS) is 2. The Morgan fingerprint density at radius 3 is 1.31 bits per heavy atom. The molecule has 0 saturated carbocycles. The highest BCUT2D eigenvalue weighted by Crippen LogP contribution is 2.22. The van der Waals surface area contributed by atoms with E-state index in [0.717, 1.165) is 12.2 Å². The van der Waals surface area contributed by atoms with E-state index < -0.39 is 175 Å². The molecule has 0 aromatic heterocycles. The number of nitrogens with one attached hydrogen (secondary N) is 17. The van der Waals surface area contributed by atoms with Gasteiger partial charge in [-0.05, 0) is 125 Å². The lowest BCUT2D eigenvalue weighted by Gasteiger charge is -2.26. The van der Waals surface area contributed by atoms with Crippen molar-refractivity contribution in [3.05, 3.63) is 59.7 Å². The molecule has 27 N–H and O–H groups in total. The summed E-state index contributed by atoms with van der Waals surface area (Å²) in [5, 5.41) is 92.8. The fourth-order valence-electron chi connectivity index (χ4n) is 11.6. The standard InChI is InChI=1S/C72H110N20O20S2/c1-2-33-113-114-40-45(73)62(103)79-30-9-3-4-18-57(96)84-50(63(104)80-31-11-8-15-49-69(110)90-52(35-42-21-25-44(94)26-22-42)71(112)91-53(36-60(99)100)64(105)82-38-58(97)85-46(66(107)87-49)13-5-6-17-55(74)75)27-28-56(95)78-29-10-7-14-48-68(109)89-51(34-41-19-23-43(93)24-20-41)70(111)92-54(37-61(101)102)65(106)83-39-59(98)86-47(67(108)88-48)16-12-32-81-72(76)77/h19-26,45-54,93-94H,2-18,27-40,73H2,1H3,(H3,74,75)(H,78,95)(H,79,103)(H,80,104)(H,82,105)(H,83,106)(H,84,96)(H,85,97)(H,86,98)(H,87,107)(H,88,108)(H,89,109)(H,90,110)(H,91,112)(H,92,111)(H,99,100)(H,101,102)(H4,76,77,81)/t45?,46-,47-,48?,49?,50?,51+,52+,53-,54-/m1/s1. The zero-order valence-electron chi connectivity index (χ0n) is 63.7. The van der Waals surface area contributed by atoms with Crippen LogP contribution in [0.1, 0.15) is 153 Å². The molecule has 40 nitrogen and oxygen atoms in total. The van der Waals surface area contributed by atoms with E-state index >= 15 is 0 Å². The van der Waals surface area contributed by atoms with Gasteiger partial charge in [0.2, 0.25) is 82.7 Å². The number of phenols is 2. The van der Waals surface area contributed by atoms with Crippen LogP contribution in [0.25, 0.3) is 0 Å². The van der Waals surface area contributed by atoms with Crippen LogP contribution in [0.4, 0.5) is 0 Å². The molecule has 114 heavy (non-hydrogen) atoms. The number of aliphatic carboxylic acids is 2. The number of benzene rings is 2. The van der Waals surface area contributed by atoms with Crippen LogP contribution >= 0.6 is 21.6 Å². The molecule has 14 amide bonds. The van der Waals surface area contributed by atoms with Gasteiger partial charge < -0.3 is 117 Å². The monoisotopic (exact) mass is 1640 g/mol. The number of aromatic hydroxyl groups is 2. The Kier molecular flexibility index (Phi) is 43.7. The van der Waals surface area contributed by atoms with E-state index in [0.29, 0.717) is 49.1 Å². The van der Waals surface area contributed by atoms with Gasteiger partial charge in [0.1, 0.15) is 65.9 Å². The first kappa shape index (κ1) is 95.3. The topological polar surface area (TPSA) is 660 Å². The van der Waals surface area contributed by atoms with Crippen molar-refractivity contribution in [3.8, 4) is 11.5 Å². The first-order valence-corrected chi connectivity index (χ1v) is 40.3. The zero-order valence-corrected chi connectivity index (χ0v) is 65.3. The molecule has 2 heterocycles. The molecule has 4 rings (SSSR count). The normalized spacial score (nSPS) is 20.1. The summed E-state index contributed by atoms with van der Waals surface area (Å²) < 4.78 is 0. The summed E-state index contributed by atoms with van der Waals surface area (Å²) in [6.07, 6.45) is 0.0446. The number of carbonyl (C=O) groups is 16. The van der Waals surface area contributed by atoms with Crippen molar-refractivity contribution in [1.82, 2.24) is 79.8 Å². The maximum atomic E-state index is 14.5. The molecule has 2 saturated heterocycles. The van der Waals surface area contributed by atoms with E-state index in [4.69, 9.17) is 28.0 Å². The Labute approximate surface area is 666 Å². The third kappa shape index (κ3) is 38.9. The van der Waals surface area contributed by atoms with Crippen LogP contribution in [0.5, 0.6) is 11.5 Å². The van der Waals surface area contributed by atoms with Crippen molar-refractivity contribution in [2.75, 3.05) is 50.8 Å². The van der Waals surface area contributed by atoms with E-state index in [1.165, 1.54) is 59.3 Å². The van der Waals surface area contributed by atoms with Crippen LogP contribution in [-0.4, -0.2) is 238 Å². The highest BCUT2D eigenvalue weighted by molar-refractivity contribution is 8.76. The fourth-order valence-corrected chi connectivity index (χ4v) is 13.8. The van der Waals surface area contributed by atoms with Crippen molar-refractivity contribution >= 4 is 128 Å². The maximum absolute atomic E-state index is 14.5. The minimum Gasteiger partial charge on any atom is -0.508 e. The number of hydrogen-bond acceptors (Lipinski definition) is 23. The quantitative estimate of drug-likeness (QED) is 0.0132. The van der Waals surface area contributed by atoms with E-state index in [1.807, 2.05) is 6.92 Å². The second kappa shape index (κ2) is 52.3. The summed E-state index contributed by atoms with van der Waals surface area (Å²) >= 11 is 0. The first-order valence-electron chi connectivity index (χ1n) is 37.8. The van der Waals surface area contributed by atoms with Crippen LogP contribution in [0.2, 0.25) is 0 Å². The van der Waals surface area contributed by atoms with Crippen molar-refractivity contribution in [1.29, 1.82) is 10.8 Å². The molecule has 10 atom stereocenters. The largest absolute Gasteiger partial charge is 0.508 e. The molecule has 42 heteroatoms. The van der Waals surface area contributed by atoms with Crippen LogP contribution < -0.4 is 97.0 Å². The number of carboxylic acids is 2. The van der Waals surface area contributed by atoms with Crippen molar-refractivity contribution in [2.45, 2.75) is 215 Å². The number of carbonyl (C=O) groups excluding carboxylic acids is 14. The molecule has 0 bridgehead atoms. The lowest BCUT2D eigenvalue weighted by atomic mass is 10.0. The van der Waals surface area contributed by atoms with Gasteiger partial charge in [-0.1, -0.05) is 65.6 Å². The van der Waals surface area contributed by atoms with Gasteiger partial charge in [0.05, 0.1) is 37.8 Å². The molecule has 2 fully saturated rings. The zero-order chi connectivity index (χ0) is 84.1. The van der Waals surface area contributed by atoms with E-state index in [-0.39, 0.29) is 152 Å². The van der Waals surface area contributed by atoms with Gasteiger partial charge >= 0.3 is 11.9 Å². The Hall–Kier alpha value is -11.0. The Morgan fingerprint density at radius 2 is 0.851 bits per heavy atom. The van der Waals surface area contributed by atoms with Crippen LogP contribution in [0.3, 0.4) is 0 Å². The number of nitrogens with two attached hydrogens (primary N) is 3. The van der Waals surface area contributed by atoms with Crippen LogP contribution in [0, 0.1) is 10.8 Å². The van der Waals surface area contributed by atoms with Crippen LogP contribution in [-0.2, 0) is 89.6 Å². The summed E-state index contributed by atoms with van der Waals surface area (Å²) in [6.45, 7) is 0.733. The maximum Gasteiger partial charge on any atom is 0.305 e. The molecular formula is C72H110N20O20S2. The SMILES string of the molecule is CCCSSCC(N)C(=O)NCCCCCC(=O)NC(CCC(=O)NCCCCC1NC(=O)[C@@H](CCCNC(=N)N)NC(=O)CNC(=O)[C@@H](CC(=O)O)NC(=O)[C@H](Cc2ccc(O)cc2)NC1=O)C(=O)NCCCCC1NC(=O)[C@@H](CCCCC(=N)N)NC(=O)CNC(=O)[C@@H](CC(=O)O)NC(=O)[C@H](Cc2ccc(O)cc2)NC1=O. The minimum absolute atomic E-state index is 0.0394. The molecule has 0 radical (unpaired) electrons. The van der Waals surface area contributed by atoms with Gasteiger partial charge in [-0.2, -0.15) is 0 Å². The first-order chi connectivity index (χ1) is 54.3. The summed E-state index contributed by atoms with van der Waals surface area (Å²) in [7, 11) is 3.13. The third-order valence-electron chi connectivity index (χ3n) is 17.7.